The molecular formula is C53H102O6. The maximum atomic E-state index is 12.8. The van der Waals surface area contributed by atoms with E-state index in [0.717, 1.165) is 57.8 Å². The van der Waals surface area contributed by atoms with Gasteiger partial charge in [0.1, 0.15) is 13.2 Å². The van der Waals surface area contributed by atoms with Crippen LogP contribution in [0, 0.1) is 0 Å². The zero-order valence-corrected chi connectivity index (χ0v) is 40.1. The standard InChI is InChI=1S/C53H102O6/c1-4-7-10-13-16-19-22-25-26-29-31-34-37-40-43-46-52(55)58-49-50(59-53(56)47-44-41-38-35-32-28-24-21-18-15-12-9-6-3)48-57-51(54)45-42-39-36-33-30-27-23-20-17-14-11-8-5-2/h50H,4-49H2,1-3H3/t50-/m0/s1. The number of unbranched alkanes of at least 4 members (excludes halogenated alkanes) is 38. The molecule has 0 fully saturated rings. The van der Waals surface area contributed by atoms with E-state index in [9.17, 15) is 14.4 Å². The maximum absolute atomic E-state index is 12.8. The molecule has 0 radical (unpaired) electrons. The first-order valence-electron chi connectivity index (χ1n) is 26.5. The largest absolute Gasteiger partial charge is 0.462 e. The van der Waals surface area contributed by atoms with Crippen molar-refractivity contribution in [2.45, 2.75) is 309 Å². The van der Waals surface area contributed by atoms with Gasteiger partial charge in [-0.05, 0) is 19.3 Å². The predicted octanol–water partition coefficient (Wildman–Crippen LogP) is 17.2. The molecule has 0 unspecified atom stereocenters. The summed E-state index contributed by atoms with van der Waals surface area (Å²) >= 11 is 0. The maximum Gasteiger partial charge on any atom is 0.306 e. The zero-order valence-electron chi connectivity index (χ0n) is 40.1. The van der Waals surface area contributed by atoms with Crippen LogP contribution in [-0.4, -0.2) is 37.2 Å². The van der Waals surface area contributed by atoms with Crippen molar-refractivity contribution in [3.63, 3.8) is 0 Å². The lowest BCUT2D eigenvalue weighted by Gasteiger charge is -2.18. The highest BCUT2D eigenvalue weighted by molar-refractivity contribution is 5.71. The molecule has 0 bridgehead atoms. The summed E-state index contributed by atoms with van der Waals surface area (Å²) in [5.41, 5.74) is 0. The van der Waals surface area contributed by atoms with Crippen LogP contribution in [0.5, 0.6) is 0 Å². The fourth-order valence-corrected chi connectivity index (χ4v) is 8.09. The Kier molecular flexibility index (Phi) is 47.7. The number of carbonyl (C=O) groups is 3. The van der Waals surface area contributed by atoms with Gasteiger partial charge in [0, 0.05) is 19.3 Å². The first kappa shape index (κ1) is 57.4. The van der Waals surface area contributed by atoms with E-state index in [2.05, 4.69) is 20.8 Å². The van der Waals surface area contributed by atoms with E-state index in [0.29, 0.717) is 19.3 Å². The minimum atomic E-state index is -0.759. The molecule has 6 heteroatoms. The molecule has 0 aliphatic carbocycles. The van der Waals surface area contributed by atoms with Gasteiger partial charge in [0.05, 0.1) is 0 Å². The minimum Gasteiger partial charge on any atom is -0.462 e. The van der Waals surface area contributed by atoms with Gasteiger partial charge in [-0.25, -0.2) is 0 Å². The highest BCUT2D eigenvalue weighted by Gasteiger charge is 2.19. The first-order valence-corrected chi connectivity index (χ1v) is 26.5. The van der Waals surface area contributed by atoms with Crippen molar-refractivity contribution in [1.82, 2.24) is 0 Å². The van der Waals surface area contributed by atoms with E-state index in [1.165, 1.54) is 205 Å². The molecule has 0 spiro atoms. The zero-order chi connectivity index (χ0) is 43.0. The number of hydrogen-bond acceptors (Lipinski definition) is 6. The lowest BCUT2D eigenvalue weighted by atomic mass is 10.0. The van der Waals surface area contributed by atoms with Gasteiger partial charge in [0.25, 0.3) is 0 Å². The summed E-state index contributed by atoms with van der Waals surface area (Å²) in [5, 5.41) is 0. The molecule has 0 saturated carbocycles. The second-order valence-corrected chi connectivity index (χ2v) is 18.2. The Morgan fingerprint density at radius 3 is 0.678 bits per heavy atom. The van der Waals surface area contributed by atoms with Gasteiger partial charge in [-0.3, -0.25) is 14.4 Å². The Bertz CT molecular complexity index is 874. The second-order valence-electron chi connectivity index (χ2n) is 18.2. The Morgan fingerprint density at radius 2 is 0.458 bits per heavy atom. The monoisotopic (exact) mass is 835 g/mol. The van der Waals surface area contributed by atoms with Gasteiger partial charge >= 0.3 is 17.9 Å². The Balaban J connectivity index is 4.30. The van der Waals surface area contributed by atoms with E-state index < -0.39 is 6.10 Å². The summed E-state index contributed by atoms with van der Waals surface area (Å²) in [6.45, 7) is 6.68. The van der Waals surface area contributed by atoms with Crippen LogP contribution >= 0.6 is 0 Å². The molecule has 59 heavy (non-hydrogen) atoms. The van der Waals surface area contributed by atoms with Gasteiger partial charge in [0.15, 0.2) is 6.10 Å². The lowest BCUT2D eigenvalue weighted by Crippen LogP contribution is -2.30. The third-order valence-electron chi connectivity index (χ3n) is 12.1. The van der Waals surface area contributed by atoms with E-state index in [-0.39, 0.29) is 31.1 Å². The van der Waals surface area contributed by atoms with Gasteiger partial charge in [-0.15, -0.1) is 0 Å². The molecule has 1 atom stereocenters. The number of carbonyl (C=O) groups excluding carboxylic acids is 3. The van der Waals surface area contributed by atoms with E-state index in [4.69, 9.17) is 14.2 Å². The first-order chi connectivity index (χ1) is 29.0. The molecule has 0 amide bonds. The van der Waals surface area contributed by atoms with Crippen LogP contribution < -0.4 is 0 Å². The highest BCUT2D eigenvalue weighted by Crippen LogP contribution is 2.17. The molecule has 0 aromatic carbocycles. The molecule has 0 heterocycles. The minimum absolute atomic E-state index is 0.0616. The van der Waals surface area contributed by atoms with Crippen LogP contribution in [0.4, 0.5) is 0 Å². The second kappa shape index (κ2) is 49.1. The quantitative estimate of drug-likeness (QED) is 0.0345. The van der Waals surface area contributed by atoms with Crippen molar-refractivity contribution < 1.29 is 28.6 Å². The smallest absolute Gasteiger partial charge is 0.306 e. The molecule has 0 rings (SSSR count). The number of ether oxygens (including phenoxy) is 3. The average molecular weight is 835 g/mol. The van der Waals surface area contributed by atoms with Gasteiger partial charge in [0.2, 0.25) is 0 Å². The average Bonchev–Trinajstić information content (AvgIpc) is 3.23. The molecule has 0 aromatic rings. The normalized spacial score (nSPS) is 11.8. The van der Waals surface area contributed by atoms with E-state index in [1.54, 1.807) is 0 Å². The van der Waals surface area contributed by atoms with E-state index in [1.807, 2.05) is 0 Å². The van der Waals surface area contributed by atoms with Crippen LogP contribution in [0.25, 0.3) is 0 Å². The molecule has 350 valence electrons. The topological polar surface area (TPSA) is 78.9 Å². The summed E-state index contributed by atoms with van der Waals surface area (Å²) in [7, 11) is 0. The van der Waals surface area contributed by atoms with E-state index >= 15 is 0 Å². The van der Waals surface area contributed by atoms with Crippen LogP contribution in [0.3, 0.4) is 0 Å². The van der Waals surface area contributed by atoms with Crippen molar-refractivity contribution in [2.24, 2.45) is 0 Å². The highest BCUT2D eigenvalue weighted by atomic mass is 16.6. The van der Waals surface area contributed by atoms with Gasteiger partial charge in [-0.1, -0.05) is 265 Å². The third kappa shape index (κ3) is 47.3. The fraction of sp³-hybridized carbons (Fsp3) is 0.943. The summed E-state index contributed by atoms with van der Waals surface area (Å²) in [6, 6.07) is 0. The molecule has 0 aromatic heterocycles. The molecule has 6 nitrogen and oxygen atoms in total. The summed E-state index contributed by atoms with van der Waals surface area (Å²) in [6.07, 6.45) is 52.2. The van der Waals surface area contributed by atoms with Crippen LogP contribution in [0.2, 0.25) is 0 Å². The number of rotatable bonds is 49. The van der Waals surface area contributed by atoms with Gasteiger partial charge < -0.3 is 14.2 Å². The number of esters is 3. The van der Waals surface area contributed by atoms with Crippen molar-refractivity contribution >= 4 is 17.9 Å². The molecule has 0 aliphatic rings. The van der Waals surface area contributed by atoms with Crippen molar-refractivity contribution in [3.05, 3.63) is 0 Å². The summed E-state index contributed by atoms with van der Waals surface area (Å²) in [4.78, 5) is 38.0. The van der Waals surface area contributed by atoms with Crippen molar-refractivity contribution in [2.75, 3.05) is 13.2 Å². The van der Waals surface area contributed by atoms with Crippen LogP contribution in [0.15, 0.2) is 0 Å². The fourth-order valence-electron chi connectivity index (χ4n) is 8.09. The van der Waals surface area contributed by atoms with Crippen molar-refractivity contribution in [3.8, 4) is 0 Å². The molecule has 0 N–H and O–H groups in total. The van der Waals surface area contributed by atoms with Crippen LogP contribution in [0.1, 0.15) is 303 Å². The summed E-state index contributed by atoms with van der Waals surface area (Å²) < 4.78 is 16.8. The molecule has 0 aliphatic heterocycles. The van der Waals surface area contributed by atoms with Crippen LogP contribution in [-0.2, 0) is 28.6 Å². The SMILES string of the molecule is CCCCCCCCCCCCCCCCCC(=O)OC[C@H](COC(=O)CCCCCCCCCCCCCCC)OC(=O)CCCCCCCCCCCCCCC. The third-order valence-corrected chi connectivity index (χ3v) is 12.1. The van der Waals surface area contributed by atoms with Crippen molar-refractivity contribution in [1.29, 1.82) is 0 Å². The molecular weight excluding hydrogens is 733 g/mol. The Hall–Kier alpha value is -1.59. The Morgan fingerprint density at radius 1 is 0.271 bits per heavy atom. The predicted molar refractivity (Wildman–Crippen MR) is 252 cm³/mol. The lowest BCUT2D eigenvalue weighted by molar-refractivity contribution is -0.167. The molecule has 0 saturated heterocycles. The van der Waals surface area contributed by atoms with Gasteiger partial charge in [-0.2, -0.15) is 0 Å². The number of hydrogen-bond donors (Lipinski definition) is 0. The Labute approximate surface area is 368 Å². The summed E-state index contributed by atoms with van der Waals surface area (Å²) in [5.74, 6) is -0.839.